The van der Waals surface area contributed by atoms with Gasteiger partial charge < -0.3 is 5.32 Å². The molecule has 1 heterocycles. The van der Waals surface area contributed by atoms with Gasteiger partial charge in [-0.15, -0.1) is 0 Å². The third-order valence-electron chi connectivity index (χ3n) is 3.10. The van der Waals surface area contributed by atoms with Crippen molar-refractivity contribution in [3.63, 3.8) is 0 Å². The molecule has 0 aliphatic heterocycles. The summed E-state index contributed by atoms with van der Waals surface area (Å²) in [7, 11) is 1.84. The fraction of sp³-hybridized carbons (Fsp3) is 0.500. The summed E-state index contributed by atoms with van der Waals surface area (Å²) in [5.74, 6) is 0.493. The average molecular weight is 201 g/mol. The molecule has 15 heavy (non-hydrogen) atoms. The molecule has 0 spiro atoms. The van der Waals surface area contributed by atoms with E-state index in [0.29, 0.717) is 5.92 Å². The molecule has 0 aromatic carbocycles. The number of aromatic nitrogens is 1. The van der Waals surface area contributed by atoms with Crippen LogP contribution in [0.25, 0.3) is 0 Å². The molecule has 2 rings (SSSR count). The molecule has 0 radical (unpaired) electrons. The standard InChI is InChI=1S/C12H15N3/c1-14-11-6-7-15-12(10(11)8-13)9-4-2-3-5-9/h6-7,9H,2-5H2,1H3,(H,14,15). The maximum Gasteiger partial charge on any atom is 0.103 e. The first-order valence-corrected chi connectivity index (χ1v) is 5.43. The first kappa shape index (κ1) is 9.97. The SMILES string of the molecule is CNc1ccnc(C2CCCC2)c1C#N. The molecule has 3 nitrogen and oxygen atoms in total. The molecular formula is C12H15N3. The highest BCUT2D eigenvalue weighted by Crippen LogP contribution is 2.35. The minimum Gasteiger partial charge on any atom is -0.387 e. The fourth-order valence-electron chi connectivity index (χ4n) is 2.31. The quantitative estimate of drug-likeness (QED) is 0.800. The Bertz CT molecular complexity index is 386. The molecule has 1 N–H and O–H groups in total. The Balaban J connectivity index is 2.42. The van der Waals surface area contributed by atoms with Gasteiger partial charge in [0.15, 0.2) is 0 Å². The van der Waals surface area contributed by atoms with Gasteiger partial charge in [0.1, 0.15) is 6.07 Å². The van der Waals surface area contributed by atoms with Crippen LogP contribution in [-0.2, 0) is 0 Å². The van der Waals surface area contributed by atoms with Gasteiger partial charge in [-0.25, -0.2) is 0 Å². The lowest BCUT2D eigenvalue weighted by molar-refractivity contribution is 0.695. The monoisotopic (exact) mass is 201 g/mol. The van der Waals surface area contributed by atoms with E-state index in [1.165, 1.54) is 25.7 Å². The second-order valence-corrected chi connectivity index (χ2v) is 3.96. The summed E-state index contributed by atoms with van der Waals surface area (Å²) >= 11 is 0. The van der Waals surface area contributed by atoms with E-state index in [2.05, 4.69) is 16.4 Å². The Morgan fingerprint density at radius 1 is 1.47 bits per heavy atom. The maximum absolute atomic E-state index is 9.16. The highest BCUT2D eigenvalue weighted by atomic mass is 14.8. The van der Waals surface area contributed by atoms with E-state index in [1.54, 1.807) is 6.20 Å². The van der Waals surface area contributed by atoms with Gasteiger partial charge >= 0.3 is 0 Å². The molecule has 1 aliphatic carbocycles. The second-order valence-electron chi connectivity index (χ2n) is 3.96. The Hall–Kier alpha value is -1.56. The van der Waals surface area contributed by atoms with Crippen LogP contribution in [0.4, 0.5) is 5.69 Å². The Morgan fingerprint density at radius 2 is 2.20 bits per heavy atom. The molecule has 0 atom stereocenters. The first-order chi connectivity index (χ1) is 7.36. The summed E-state index contributed by atoms with van der Waals surface area (Å²) in [6, 6.07) is 4.13. The number of nitriles is 1. The minimum atomic E-state index is 0.493. The van der Waals surface area contributed by atoms with Crippen LogP contribution < -0.4 is 5.32 Å². The number of rotatable bonds is 2. The van der Waals surface area contributed by atoms with E-state index in [0.717, 1.165) is 16.9 Å². The lowest BCUT2D eigenvalue weighted by Crippen LogP contribution is -2.03. The Labute approximate surface area is 90.1 Å². The van der Waals surface area contributed by atoms with E-state index in [4.69, 9.17) is 5.26 Å². The van der Waals surface area contributed by atoms with Gasteiger partial charge in [0, 0.05) is 19.2 Å². The zero-order valence-corrected chi connectivity index (χ0v) is 8.95. The lowest BCUT2D eigenvalue weighted by Gasteiger charge is -2.12. The van der Waals surface area contributed by atoms with Crippen LogP contribution in [0.2, 0.25) is 0 Å². The third-order valence-corrected chi connectivity index (χ3v) is 3.10. The Kier molecular flexibility index (Phi) is 2.86. The predicted octanol–water partition coefficient (Wildman–Crippen LogP) is 2.65. The minimum absolute atomic E-state index is 0.493. The number of nitrogens with one attached hydrogen (secondary N) is 1. The summed E-state index contributed by atoms with van der Waals surface area (Å²) in [4.78, 5) is 4.38. The van der Waals surface area contributed by atoms with Crippen molar-refractivity contribution in [2.45, 2.75) is 31.6 Å². The van der Waals surface area contributed by atoms with Crippen molar-refractivity contribution in [3.05, 3.63) is 23.5 Å². The topological polar surface area (TPSA) is 48.7 Å². The predicted molar refractivity (Wildman–Crippen MR) is 59.7 cm³/mol. The van der Waals surface area contributed by atoms with E-state index < -0.39 is 0 Å². The van der Waals surface area contributed by atoms with Crippen molar-refractivity contribution in [2.75, 3.05) is 12.4 Å². The van der Waals surface area contributed by atoms with Crippen LogP contribution in [0.15, 0.2) is 12.3 Å². The van der Waals surface area contributed by atoms with Gasteiger partial charge in [-0.1, -0.05) is 12.8 Å². The average Bonchev–Trinajstić information content (AvgIpc) is 2.81. The molecule has 0 unspecified atom stereocenters. The molecule has 0 amide bonds. The number of hydrogen-bond acceptors (Lipinski definition) is 3. The van der Waals surface area contributed by atoms with Crippen LogP contribution in [0.5, 0.6) is 0 Å². The molecule has 1 aromatic rings. The highest BCUT2D eigenvalue weighted by Gasteiger charge is 2.22. The summed E-state index contributed by atoms with van der Waals surface area (Å²) in [5.41, 5.74) is 2.61. The summed E-state index contributed by atoms with van der Waals surface area (Å²) in [6.45, 7) is 0. The number of hydrogen-bond donors (Lipinski definition) is 1. The van der Waals surface area contributed by atoms with Crippen molar-refractivity contribution in [1.29, 1.82) is 5.26 Å². The van der Waals surface area contributed by atoms with Crippen molar-refractivity contribution < 1.29 is 0 Å². The number of anilines is 1. The van der Waals surface area contributed by atoms with Crippen LogP contribution >= 0.6 is 0 Å². The zero-order valence-electron chi connectivity index (χ0n) is 8.95. The molecule has 78 valence electrons. The largest absolute Gasteiger partial charge is 0.387 e. The van der Waals surface area contributed by atoms with Crippen molar-refractivity contribution in [3.8, 4) is 6.07 Å². The zero-order chi connectivity index (χ0) is 10.7. The van der Waals surface area contributed by atoms with E-state index in [1.807, 2.05) is 13.1 Å². The molecule has 1 saturated carbocycles. The van der Waals surface area contributed by atoms with Gasteiger partial charge in [-0.05, 0) is 18.9 Å². The van der Waals surface area contributed by atoms with Gasteiger partial charge in [0.25, 0.3) is 0 Å². The van der Waals surface area contributed by atoms with Crippen molar-refractivity contribution >= 4 is 5.69 Å². The van der Waals surface area contributed by atoms with Crippen LogP contribution in [0, 0.1) is 11.3 Å². The third kappa shape index (κ3) is 1.80. The lowest BCUT2D eigenvalue weighted by atomic mass is 9.98. The summed E-state index contributed by atoms with van der Waals surface area (Å²) < 4.78 is 0. The molecule has 1 aromatic heterocycles. The Morgan fingerprint density at radius 3 is 2.80 bits per heavy atom. The van der Waals surface area contributed by atoms with Gasteiger partial charge in [-0.3, -0.25) is 4.98 Å². The number of nitrogens with zero attached hydrogens (tertiary/aromatic N) is 2. The molecule has 1 aliphatic rings. The van der Waals surface area contributed by atoms with E-state index in [-0.39, 0.29) is 0 Å². The van der Waals surface area contributed by atoms with Crippen LogP contribution in [0.1, 0.15) is 42.9 Å². The van der Waals surface area contributed by atoms with Crippen molar-refractivity contribution in [1.82, 2.24) is 4.98 Å². The first-order valence-electron chi connectivity index (χ1n) is 5.43. The van der Waals surface area contributed by atoms with E-state index in [9.17, 15) is 0 Å². The normalized spacial score (nSPS) is 16.3. The van der Waals surface area contributed by atoms with Crippen LogP contribution in [-0.4, -0.2) is 12.0 Å². The molecule has 0 saturated heterocycles. The maximum atomic E-state index is 9.16. The number of pyridine rings is 1. The summed E-state index contributed by atoms with van der Waals surface area (Å²) in [5, 5.41) is 12.2. The highest BCUT2D eigenvalue weighted by molar-refractivity contribution is 5.59. The fourth-order valence-corrected chi connectivity index (χ4v) is 2.31. The molecule has 1 fully saturated rings. The summed E-state index contributed by atoms with van der Waals surface area (Å²) in [6.07, 6.45) is 6.67. The van der Waals surface area contributed by atoms with Gasteiger partial charge in [0.2, 0.25) is 0 Å². The van der Waals surface area contributed by atoms with Gasteiger partial charge in [0.05, 0.1) is 16.9 Å². The van der Waals surface area contributed by atoms with Gasteiger partial charge in [-0.2, -0.15) is 5.26 Å². The van der Waals surface area contributed by atoms with E-state index >= 15 is 0 Å². The van der Waals surface area contributed by atoms with Crippen LogP contribution in [0.3, 0.4) is 0 Å². The second kappa shape index (κ2) is 4.31. The molecule has 0 bridgehead atoms. The molecular weight excluding hydrogens is 186 g/mol. The smallest absolute Gasteiger partial charge is 0.103 e. The molecule has 3 heteroatoms. The van der Waals surface area contributed by atoms with Crippen molar-refractivity contribution in [2.24, 2.45) is 0 Å².